The molecule has 2 nitrogen and oxygen atoms in total. The third kappa shape index (κ3) is 1.72. The highest BCUT2D eigenvalue weighted by molar-refractivity contribution is 6.17. The minimum atomic E-state index is 1.03. The summed E-state index contributed by atoms with van der Waals surface area (Å²) in [6.45, 7) is 0. The number of hydrogen-bond acceptors (Lipinski definition) is 1. The third-order valence-corrected chi connectivity index (χ3v) is 4.42. The summed E-state index contributed by atoms with van der Waals surface area (Å²) in [5.41, 5.74) is 4.64. The number of pyridine rings is 1. The van der Waals surface area contributed by atoms with E-state index < -0.39 is 0 Å². The van der Waals surface area contributed by atoms with Gasteiger partial charge in [0.1, 0.15) is 0 Å². The molecule has 0 N–H and O–H groups in total. The van der Waals surface area contributed by atoms with E-state index in [1.807, 2.05) is 12.3 Å². The number of aromatic nitrogens is 2. The van der Waals surface area contributed by atoms with Gasteiger partial charge in [0.05, 0.1) is 16.6 Å². The first-order valence-electron chi connectivity index (χ1n) is 7.76. The summed E-state index contributed by atoms with van der Waals surface area (Å²) in [4.78, 5) is 4.65. The van der Waals surface area contributed by atoms with Gasteiger partial charge in [-0.1, -0.05) is 54.6 Å². The second-order valence-electron chi connectivity index (χ2n) is 5.73. The molecule has 0 saturated heterocycles. The van der Waals surface area contributed by atoms with Gasteiger partial charge < -0.3 is 4.57 Å². The minimum Gasteiger partial charge on any atom is -0.309 e. The zero-order chi connectivity index (χ0) is 15.2. The summed E-state index contributed by atoms with van der Waals surface area (Å²) < 4.78 is 2.34. The monoisotopic (exact) mass is 294 g/mol. The van der Waals surface area contributed by atoms with Gasteiger partial charge in [-0.15, -0.1) is 0 Å². The van der Waals surface area contributed by atoms with E-state index in [1.165, 1.54) is 32.9 Å². The fraction of sp³-hybridized carbons (Fsp3) is 0. The predicted molar refractivity (Wildman–Crippen MR) is 96.1 cm³/mol. The smallest absolute Gasteiger partial charge is 0.0723 e. The highest BCUT2D eigenvalue weighted by atomic mass is 15.0. The maximum absolute atomic E-state index is 4.65. The Kier molecular flexibility index (Phi) is 2.53. The molecule has 0 aliphatic heterocycles. The summed E-state index contributed by atoms with van der Waals surface area (Å²) in [5.74, 6) is 0. The normalized spacial score (nSPS) is 11.5. The Morgan fingerprint density at radius 1 is 0.609 bits per heavy atom. The highest BCUT2D eigenvalue weighted by Gasteiger charge is 2.14. The number of nitrogens with zero attached hydrogens (tertiary/aromatic N) is 2. The van der Waals surface area contributed by atoms with Gasteiger partial charge in [0.25, 0.3) is 0 Å². The Bertz CT molecular complexity index is 1150. The van der Waals surface area contributed by atoms with Crippen LogP contribution in [-0.2, 0) is 0 Å². The van der Waals surface area contributed by atoms with Crippen molar-refractivity contribution in [1.29, 1.82) is 0 Å². The van der Waals surface area contributed by atoms with E-state index >= 15 is 0 Å². The molecule has 0 bridgehead atoms. The van der Waals surface area contributed by atoms with E-state index in [4.69, 9.17) is 0 Å². The minimum absolute atomic E-state index is 1.03. The molecule has 2 aromatic heterocycles. The van der Waals surface area contributed by atoms with Crippen molar-refractivity contribution < 1.29 is 0 Å². The molecule has 5 aromatic rings. The molecule has 0 aliphatic rings. The molecule has 23 heavy (non-hydrogen) atoms. The molecule has 0 aliphatic carbocycles. The van der Waals surface area contributed by atoms with Crippen LogP contribution in [0.25, 0.3) is 38.4 Å². The van der Waals surface area contributed by atoms with Crippen LogP contribution in [0.3, 0.4) is 0 Å². The molecule has 0 fully saturated rings. The molecule has 5 rings (SSSR count). The molecule has 0 unspecified atom stereocenters. The van der Waals surface area contributed by atoms with Crippen LogP contribution in [-0.4, -0.2) is 9.55 Å². The Balaban J connectivity index is 2.10. The van der Waals surface area contributed by atoms with Gasteiger partial charge in [0, 0.05) is 28.0 Å². The van der Waals surface area contributed by atoms with E-state index in [1.54, 1.807) is 0 Å². The largest absolute Gasteiger partial charge is 0.309 e. The van der Waals surface area contributed by atoms with Crippen LogP contribution < -0.4 is 0 Å². The highest BCUT2D eigenvalue weighted by Crippen LogP contribution is 2.35. The standard InChI is InChI=1S/C21H14N2/c1-2-8-15(9-3-1)23-20-13-7-5-10-16(20)18-14-22-19-12-6-4-11-17(19)21(18)23/h1-14H. The van der Waals surface area contributed by atoms with Gasteiger partial charge in [-0.25, -0.2) is 0 Å². The molecule has 0 atom stereocenters. The lowest BCUT2D eigenvalue weighted by Crippen LogP contribution is -1.94. The molecule has 2 heteroatoms. The molecule has 0 spiro atoms. The molecule has 0 radical (unpaired) electrons. The van der Waals surface area contributed by atoms with Crippen LogP contribution in [0.2, 0.25) is 0 Å². The number of hydrogen-bond donors (Lipinski definition) is 0. The van der Waals surface area contributed by atoms with Gasteiger partial charge in [-0.2, -0.15) is 0 Å². The van der Waals surface area contributed by atoms with E-state index in [-0.39, 0.29) is 0 Å². The SMILES string of the molecule is c1ccc(-n2c3ccccc3c3cnc4ccccc4c32)cc1. The third-order valence-electron chi connectivity index (χ3n) is 4.42. The first kappa shape index (κ1) is 12.4. The second kappa shape index (κ2) is 4.68. The van der Waals surface area contributed by atoms with Crippen LogP contribution in [0, 0.1) is 0 Å². The lowest BCUT2D eigenvalue weighted by molar-refractivity contribution is 1.18. The lowest BCUT2D eigenvalue weighted by Gasteiger charge is -2.09. The number of para-hydroxylation sites is 3. The van der Waals surface area contributed by atoms with Crippen molar-refractivity contribution in [2.75, 3.05) is 0 Å². The summed E-state index contributed by atoms with van der Waals surface area (Å²) in [6, 6.07) is 27.4. The van der Waals surface area contributed by atoms with Crippen molar-refractivity contribution in [2.45, 2.75) is 0 Å². The fourth-order valence-corrected chi connectivity index (χ4v) is 3.43. The summed E-state index contributed by atoms with van der Waals surface area (Å²) >= 11 is 0. The zero-order valence-corrected chi connectivity index (χ0v) is 12.5. The molecule has 108 valence electrons. The van der Waals surface area contributed by atoms with Gasteiger partial charge in [0.15, 0.2) is 0 Å². The first-order valence-corrected chi connectivity index (χ1v) is 7.76. The average Bonchev–Trinajstić information content (AvgIpc) is 2.97. The van der Waals surface area contributed by atoms with Crippen molar-refractivity contribution in [3.8, 4) is 5.69 Å². The number of rotatable bonds is 1. The van der Waals surface area contributed by atoms with Gasteiger partial charge in [-0.05, 0) is 24.3 Å². The van der Waals surface area contributed by atoms with Crippen molar-refractivity contribution in [1.82, 2.24) is 9.55 Å². The Morgan fingerprint density at radius 3 is 2.17 bits per heavy atom. The van der Waals surface area contributed by atoms with Crippen LogP contribution in [0.4, 0.5) is 0 Å². The van der Waals surface area contributed by atoms with Crippen LogP contribution in [0.5, 0.6) is 0 Å². The predicted octanol–water partition coefficient (Wildman–Crippen LogP) is 5.33. The van der Waals surface area contributed by atoms with Crippen LogP contribution >= 0.6 is 0 Å². The molecular weight excluding hydrogens is 280 g/mol. The van der Waals surface area contributed by atoms with Crippen molar-refractivity contribution in [3.63, 3.8) is 0 Å². The second-order valence-corrected chi connectivity index (χ2v) is 5.73. The van der Waals surface area contributed by atoms with E-state index in [0.717, 1.165) is 5.52 Å². The maximum Gasteiger partial charge on any atom is 0.0723 e. The van der Waals surface area contributed by atoms with E-state index in [9.17, 15) is 0 Å². The Labute approximate surface area is 133 Å². The van der Waals surface area contributed by atoms with Crippen LogP contribution in [0.1, 0.15) is 0 Å². The maximum atomic E-state index is 4.65. The van der Waals surface area contributed by atoms with Crippen LogP contribution in [0.15, 0.2) is 85.1 Å². The van der Waals surface area contributed by atoms with Gasteiger partial charge >= 0.3 is 0 Å². The van der Waals surface area contributed by atoms with Gasteiger partial charge in [-0.3, -0.25) is 4.98 Å². The summed E-state index contributed by atoms with van der Waals surface area (Å²) in [5, 5.41) is 3.62. The molecule has 0 saturated carbocycles. The van der Waals surface area contributed by atoms with Crippen molar-refractivity contribution in [3.05, 3.63) is 85.1 Å². The lowest BCUT2D eigenvalue weighted by atomic mass is 10.1. The molecular formula is C21H14N2. The molecule has 3 aromatic carbocycles. The quantitative estimate of drug-likeness (QED) is 0.408. The van der Waals surface area contributed by atoms with E-state index in [0.29, 0.717) is 0 Å². The van der Waals surface area contributed by atoms with Crippen molar-refractivity contribution in [2.24, 2.45) is 0 Å². The topological polar surface area (TPSA) is 17.8 Å². The van der Waals surface area contributed by atoms with E-state index in [2.05, 4.69) is 82.3 Å². The number of fused-ring (bicyclic) bond motifs is 5. The fourth-order valence-electron chi connectivity index (χ4n) is 3.43. The zero-order valence-electron chi connectivity index (χ0n) is 12.5. The summed E-state index contributed by atoms with van der Waals surface area (Å²) in [6.07, 6.45) is 2.00. The molecule has 0 amide bonds. The van der Waals surface area contributed by atoms with Crippen molar-refractivity contribution >= 4 is 32.7 Å². The van der Waals surface area contributed by atoms with Gasteiger partial charge in [0.2, 0.25) is 0 Å². The number of benzene rings is 3. The Hall–Kier alpha value is -3.13. The Morgan fingerprint density at radius 2 is 1.30 bits per heavy atom. The molecule has 2 heterocycles. The average molecular weight is 294 g/mol. The summed E-state index contributed by atoms with van der Waals surface area (Å²) in [7, 11) is 0. The first-order chi connectivity index (χ1) is 11.4.